The summed E-state index contributed by atoms with van der Waals surface area (Å²) in [5.41, 5.74) is 2.54. The van der Waals surface area contributed by atoms with Crippen LogP contribution in [0.1, 0.15) is 18.1 Å². The van der Waals surface area contributed by atoms with Gasteiger partial charge in [-0.2, -0.15) is 0 Å². The monoisotopic (exact) mass is 241 g/mol. The van der Waals surface area contributed by atoms with Crippen molar-refractivity contribution < 1.29 is 0 Å². The molecule has 0 fully saturated rings. The molecule has 0 saturated heterocycles. The molecule has 0 aliphatic carbocycles. The van der Waals surface area contributed by atoms with Gasteiger partial charge in [-0.3, -0.25) is 0 Å². The highest BCUT2D eigenvalue weighted by atomic mass is 15.1. The molecule has 0 bridgehead atoms. The number of anilines is 2. The molecule has 0 amide bonds. The van der Waals surface area contributed by atoms with E-state index in [9.17, 15) is 0 Å². The number of pyridine rings is 1. The van der Waals surface area contributed by atoms with Crippen molar-refractivity contribution in [2.45, 2.75) is 20.4 Å². The molecule has 94 valence electrons. The van der Waals surface area contributed by atoms with Gasteiger partial charge < -0.3 is 10.6 Å². The lowest BCUT2D eigenvalue weighted by atomic mass is 10.1. The van der Waals surface area contributed by atoms with Gasteiger partial charge in [-0.05, 0) is 31.5 Å². The van der Waals surface area contributed by atoms with Gasteiger partial charge in [-0.25, -0.2) is 4.98 Å². The average Bonchev–Trinajstić information content (AvgIpc) is 2.39. The van der Waals surface area contributed by atoms with Gasteiger partial charge >= 0.3 is 0 Å². The molecule has 1 aromatic heterocycles. The summed E-state index contributed by atoms with van der Waals surface area (Å²) in [6.45, 7) is 5.84. The second-order valence-corrected chi connectivity index (χ2v) is 4.28. The Kier molecular flexibility index (Phi) is 4.18. The van der Waals surface area contributed by atoms with Crippen LogP contribution in [0.5, 0.6) is 0 Å². The van der Waals surface area contributed by atoms with Crippen molar-refractivity contribution in [3.63, 3.8) is 0 Å². The smallest absolute Gasteiger partial charge is 0.128 e. The molecule has 3 heteroatoms. The molecule has 1 aromatic carbocycles. The van der Waals surface area contributed by atoms with Crippen LogP contribution in [0.2, 0.25) is 0 Å². The standard InChI is InChI=1S/C15H19N3/c1-3-16-14-5-4-6-15(18-14)17-11-13-9-7-12(2)8-10-13/h4-10H,3,11H2,1-2H3,(H2,16,17,18). The second-order valence-electron chi connectivity index (χ2n) is 4.28. The largest absolute Gasteiger partial charge is 0.370 e. The van der Waals surface area contributed by atoms with E-state index in [0.29, 0.717) is 0 Å². The van der Waals surface area contributed by atoms with Crippen molar-refractivity contribution >= 4 is 11.6 Å². The van der Waals surface area contributed by atoms with Crippen LogP contribution in [0.15, 0.2) is 42.5 Å². The van der Waals surface area contributed by atoms with E-state index >= 15 is 0 Å². The lowest BCUT2D eigenvalue weighted by Gasteiger charge is -2.08. The summed E-state index contributed by atoms with van der Waals surface area (Å²) in [5, 5.41) is 6.53. The fraction of sp³-hybridized carbons (Fsp3) is 0.267. The van der Waals surface area contributed by atoms with Crippen molar-refractivity contribution in [1.29, 1.82) is 0 Å². The zero-order chi connectivity index (χ0) is 12.8. The first-order chi connectivity index (χ1) is 8.78. The molecule has 2 aromatic rings. The van der Waals surface area contributed by atoms with Gasteiger partial charge in [0.25, 0.3) is 0 Å². The van der Waals surface area contributed by atoms with E-state index in [1.165, 1.54) is 11.1 Å². The molecule has 1 heterocycles. The van der Waals surface area contributed by atoms with Crippen LogP contribution in [0.25, 0.3) is 0 Å². The average molecular weight is 241 g/mol. The minimum atomic E-state index is 0.795. The highest BCUT2D eigenvalue weighted by Crippen LogP contribution is 2.11. The van der Waals surface area contributed by atoms with Crippen LogP contribution in [-0.4, -0.2) is 11.5 Å². The quantitative estimate of drug-likeness (QED) is 0.842. The first-order valence-electron chi connectivity index (χ1n) is 6.28. The zero-order valence-electron chi connectivity index (χ0n) is 10.9. The molecule has 18 heavy (non-hydrogen) atoms. The molecule has 0 aliphatic heterocycles. The molecule has 3 nitrogen and oxygen atoms in total. The third kappa shape index (κ3) is 3.48. The first-order valence-corrected chi connectivity index (χ1v) is 6.28. The summed E-state index contributed by atoms with van der Waals surface area (Å²) >= 11 is 0. The van der Waals surface area contributed by atoms with E-state index in [1.807, 2.05) is 18.2 Å². The van der Waals surface area contributed by atoms with E-state index < -0.39 is 0 Å². The third-order valence-corrected chi connectivity index (χ3v) is 2.70. The zero-order valence-corrected chi connectivity index (χ0v) is 10.9. The third-order valence-electron chi connectivity index (χ3n) is 2.70. The molecular formula is C15H19N3. The molecular weight excluding hydrogens is 222 g/mol. The maximum atomic E-state index is 4.47. The Hall–Kier alpha value is -2.03. The summed E-state index contributed by atoms with van der Waals surface area (Å²) in [4.78, 5) is 4.47. The minimum Gasteiger partial charge on any atom is -0.370 e. The van der Waals surface area contributed by atoms with Crippen molar-refractivity contribution in [3.8, 4) is 0 Å². The summed E-state index contributed by atoms with van der Waals surface area (Å²) in [6, 6.07) is 14.5. The Bertz CT molecular complexity index is 491. The SMILES string of the molecule is CCNc1cccc(NCc2ccc(C)cc2)n1. The predicted octanol–water partition coefficient (Wildman–Crippen LogP) is 3.43. The number of hydrogen-bond donors (Lipinski definition) is 2. The molecule has 2 N–H and O–H groups in total. The number of nitrogens with zero attached hydrogens (tertiary/aromatic N) is 1. The Morgan fingerprint density at radius 3 is 2.28 bits per heavy atom. The van der Waals surface area contributed by atoms with Crippen LogP contribution in [0.4, 0.5) is 11.6 Å². The van der Waals surface area contributed by atoms with Gasteiger partial charge in [0.05, 0.1) is 0 Å². The molecule has 0 atom stereocenters. The van der Waals surface area contributed by atoms with E-state index in [4.69, 9.17) is 0 Å². The van der Waals surface area contributed by atoms with Gasteiger partial charge in [0.15, 0.2) is 0 Å². The van der Waals surface area contributed by atoms with Gasteiger partial charge in [0.2, 0.25) is 0 Å². The number of rotatable bonds is 5. The summed E-state index contributed by atoms with van der Waals surface area (Å²) in [5.74, 6) is 1.81. The predicted molar refractivity (Wildman–Crippen MR) is 76.9 cm³/mol. The van der Waals surface area contributed by atoms with Gasteiger partial charge in [0.1, 0.15) is 11.6 Å². The summed E-state index contributed by atoms with van der Waals surface area (Å²) in [7, 11) is 0. The number of aromatic nitrogens is 1. The first kappa shape index (κ1) is 12.4. The van der Waals surface area contributed by atoms with Crippen molar-refractivity contribution in [2.24, 2.45) is 0 Å². The van der Waals surface area contributed by atoms with Crippen LogP contribution >= 0.6 is 0 Å². The van der Waals surface area contributed by atoms with Gasteiger partial charge in [0, 0.05) is 13.1 Å². The van der Waals surface area contributed by atoms with Gasteiger partial charge in [-0.1, -0.05) is 35.9 Å². The van der Waals surface area contributed by atoms with E-state index in [0.717, 1.165) is 24.7 Å². The van der Waals surface area contributed by atoms with E-state index in [2.05, 4.69) is 53.7 Å². The maximum Gasteiger partial charge on any atom is 0.128 e. The minimum absolute atomic E-state index is 0.795. The molecule has 0 saturated carbocycles. The normalized spacial score (nSPS) is 10.1. The molecule has 2 rings (SSSR count). The van der Waals surface area contributed by atoms with E-state index in [1.54, 1.807) is 0 Å². The Morgan fingerprint density at radius 1 is 0.944 bits per heavy atom. The molecule has 0 radical (unpaired) electrons. The van der Waals surface area contributed by atoms with Gasteiger partial charge in [-0.15, -0.1) is 0 Å². The number of aryl methyl sites for hydroxylation is 1. The molecule has 0 unspecified atom stereocenters. The maximum absolute atomic E-state index is 4.47. The van der Waals surface area contributed by atoms with Crippen LogP contribution in [0, 0.1) is 6.92 Å². The lowest BCUT2D eigenvalue weighted by Crippen LogP contribution is -2.04. The number of nitrogens with one attached hydrogen (secondary N) is 2. The Balaban J connectivity index is 1.97. The number of benzene rings is 1. The second kappa shape index (κ2) is 6.05. The number of hydrogen-bond acceptors (Lipinski definition) is 3. The lowest BCUT2D eigenvalue weighted by molar-refractivity contribution is 1.09. The Labute approximate surface area is 108 Å². The fourth-order valence-corrected chi connectivity index (χ4v) is 1.71. The topological polar surface area (TPSA) is 37.0 Å². The van der Waals surface area contributed by atoms with Crippen LogP contribution in [0.3, 0.4) is 0 Å². The summed E-state index contributed by atoms with van der Waals surface area (Å²) in [6.07, 6.45) is 0. The van der Waals surface area contributed by atoms with Crippen molar-refractivity contribution in [2.75, 3.05) is 17.2 Å². The molecule has 0 aliphatic rings. The fourth-order valence-electron chi connectivity index (χ4n) is 1.71. The van der Waals surface area contributed by atoms with E-state index in [-0.39, 0.29) is 0 Å². The summed E-state index contributed by atoms with van der Waals surface area (Å²) < 4.78 is 0. The Morgan fingerprint density at radius 2 is 1.61 bits per heavy atom. The highest BCUT2D eigenvalue weighted by molar-refractivity contribution is 5.45. The van der Waals surface area contributed by atoms with Crippen LogP contribution in [-0.2, 0) is 6.54 Å². The highest BCUT2D eigenvalue weighted by Gasteiger charge is 1.97. The van der Waals surface area contributed by atoms with Crippen molar-refractivity contribution in [3.05, 3.63) is 53.6 Å². The van der Waals surface area contributed by atoms with Crippen LogP contribution < -0.4 is 10.6 Å². The molecule has 0 spiro atoms. The van der Waals surface area contributed by atoms with Crippen molar-refractivity contribution in [1.82, 2.24) is 4.98 Å².